The third kappa shape index (κ3) is 4.04. The van der Waals surface area contributed by atoms with E-state index in [1.165, 1.54) is 28.8 Å². The van der Waals surface area contributed by atoms with Crippen molar-refractivity contribution in [1.82, 2.24) is 4.90 Å². The van der Waals surface area contributed by atoms with Crippen LogP contribution in [0.2, 0.25) is 0 Å². The molecule has 2 aliphatic heterocycles. The van der Waals surface area contributed by atoms with Gasteiger partial charge < -0.3 is 19.8 Å². The van der Waals surface area contributed by atoms with Gasteiger partial charge in [-0.1, -0.05) is 6.07 Å². The normalized spacial score (nSPS) is 21.6. The minimum absolute atomic E-state index is 0.299. The topological polar surface area (TPSA) is 129 Å². The van der Waals surface area contributed by atoms with E-state index in [0.29, 0.717) is 6.04 Å². The van der Waals surface area contributed by atoms with E-state index in [1.807, 2.05) is 6.07 Å². The number of nitrogens with one attached hydrogen (secondary N) is 1. The Morgan fingerprint density at radius 2 is 1.85 bits per heavy atom. The van der Waals surface area contributed by atoms with Crippen LogP contribution in [0.5, 0.6) is 11.5 Å². The Hall–Kier alpha value is -1.84. The summed E-state index contributed by atoms with van der Waals surface area (Å²) in [7, 11) is -0.795. The molecule has 2 heterocycles. The number of allylic oxidation sites excluding steroid dienone is 2. The molecule has 1 unspecified atom stereocenters. The predicted octanol–water partition coefficient (Wildman–Crippen LogP) is 0.604. The summed E-state index contributed by atoms with van der Waals surface area (Å²) in [6, 6.07) is 4.47. The summed E-state index contributed by atoms with van der Waals surface area (Å²) in [5.74, 6) is 1.68. The van der Waals surface area contributed by atoms with E-state index in [-0.39, 0.29) is 0 Å². The van der Waals surface area contributed by atoms with Crippen molar-refractivity contribution >= 4 is 5.71 Å². The van der Waals surface area contributed by atoms with Gasteiger partial charge in [-0.2, -0.15) is 0 Å². The summed E-state index contributed by atoms with van der Waals surface area (Å²) in [6.07, 6.45) is 5.24. The summed E-state index contributed by atoms with van der Waals surface area (Å²) in [4.78, 5) is 2.55. The molecule has 9 heteroatoms. The second-order valence-electron chi connectivity index (χ2n) is 6.72. The van der Waals surface area contributed by atoms with Crippen molar-refractivity contribution in [2.24, 2.45) is 0 Å². The number of hydrogen-bond acceptors (Lipinski definition) is 8. The van der Waals surface area contributed by atoms with Gasteiger partial charge in [-0.3, -0.25) is 0 Å². The number of methoxy groups -OCH3 is 2. The fraction of sp³-hybridized carbons (Fsp3) is 0.500. The van der Waals surface area contributed by atoms with Crippen LogP contribution in [-0.2, 0) is 6.42 Å². The van der Waals surface area contributed by atoms with E-state index < -0.39 is 10.2 Å². The monoisotopic (exact) mass is 400 g/mol. The third-order valence-electron chi connectivity index (χ3n) is 5.32. The van der Waals surface area contributed by atoms with Crippen LogP contribution in [0.4, 0.5) is 0 Å². The molecule has 4 N–H and O–H groups in total. The number of nitrogens with zero attached hydrogens (tertiary/aromatic N) is 1. The Morgan fingerprint density at radius 1 is 1.15 bits per heavy atom. The standard InChI is InChI=1S/C18H22N2O2.ClH3O4/c1-21-17-7-6-11-12(18(17)22-2)8-9-20-15-5-3-4-13(15)14(19)10-16(11)20;2-1(3,4)5/h6-7,16,19H,3-5,8-10H2,1-2H3;2-4H. The second kappa shape index (κ2) is 7.65. The van der Waals surface area contributed by atoms with Crippen molar-refractivity contribution < 1.29 is 38.4 Å². The van der Waals surface area contributed by atoms with E-state index in [4.69, 9.17) is 33.5 Å². The zero-order chi connectivity index (χ0) is 19.8. The third-order valence-corrected chi connectivity index (χ3v) is 5.32. The molecular weight excluding hydrogens is 376 g/mol. The predicted molar refractivity (Wildman–Crippen MR) is 92.6 cm³/mol. The molecule has 1 aromatic carbocycles. The number of benzene rings is 1. The van der Waals surface area contributed by atoms with Gasteiger partial charge in [0, 0.05) is 29.9 Å². The summed E-state index contributed by atoms with van der Waals surface area (Å²) < 4.78 is 41.3. The molecule has 8 nitrogen and oxygen atoms in total. The molecule has 1 aromatic rings. The summed E-state index contributed by atoms with van der Waals surface area (Å²) in [5.41, 5.74) is 6.17. The van der Waals surface area contributed by atoms with Gasteiger partial charge in [0.25, 0.3) is 0 Å². The quantitative estimate of drug-likeness (QED) is 0.572. The Morgan fingerprint density at radius 3 is 2.48 bits per heavy atom. The SMILES string of the molecule is COc1ccc2c(c1OC)CCN1C3=C(CCC3)C(=N)CC21.[O-][Cl+](O)(O)O. The zero-order valence-corrected chi connectivity index (χ0v) is 16.1. The van der Waals surface area contributed by atoms with Gasteiger partial charge in [0.1, 0.15) is 0 Å². The number of ether oxygens (including phenoxy) is 2. The Bertz CT molecular complexity index is 768. The van der Waals surface area contributed by atoms with Crippen LogP contribution < -0.4 is 14.1 Å². The number of halogens is 1. The van der Waals surface area contributed by atoms with Crippen LogP contribution in [0.1, 0.15) is 42.9 Å². The van der Waals surface area contributed by atoms with E-state index in [1.54, 1.807) is 14.2 Å². The first-order valence-corrected chi connectivity index (χ1v) is 10.0. The minimum atomic E-state index is -4.19. The molecule has 0 amide bonds. The molecule has 0 fully saturated rings. The molecule has 27 heavy (non-hydrogen) atoms. The van der Waals surface area contributed by atoms with Gasteiger partial charge in [-0.05, 0) is 42.9 Å². The van der Waals surface area contributed by atoms with Gasteiger partial charge >= 0.3 is 28.9 Å². The first-order chi connectivity index (χ1) is 12.7. The summed E-state index contributed by atoms with van der Waals surface area (Å²) in [6.45, 7) is 1.02. The average molecular weight is 401 g/mol. The zero-order valence-electron chi connectivity index (χ0n) is 15.4. The summed E-state index contributed by atoms with van der Waals surface area (Å²) in [5, 5.41) is 8.42. The molecule has 3 aliphatic rings. The van der Waals surface area contributed by atoms with Crippen LogP contribution in [0.25, 0.3) is 0 Å². The van der Waals surface area contributed by atoms with Crippen LogP contribution in [-0.4, -0.2) is 45.4 Å². The van der Waals surface area contributed by atoms with Crippen molar-refractivity contribution in [2.45, 2.75) is 38.1 Å². The van der Waals surface area contributed by atoms with Crippen LogP contribution in [0.15, 0.2) is 23.4 Å². The summed E-state index contributed by atoms with van der Waals surface area (Å²) >= 11 is 0. The second-order valence-corrected chi connectivity index (χ2v) is 7.59. The first-order valence-electron chi connectivity index (χ1n) is 8.71. The number of rotatable bonds is 2. The van der Waals surface area contributed by atoms with Crippen molar-refractivity contribution in [1.29, 1.82) is 5.41 Å². The molecule has 0 saturated carbocycles. The van der Waals surface area contributed by atoms with Crippen molar-refractivity contribution in [3.05, 3.63) is 34.5 Å². The van der Waals surface area contributed by atoms with E-state index in [2.05, 4.69) is 11.0 Å². The van der Waals surface area contributed by atoms with Gasteiger partial charge in [0.05, 0.1) is 20.3 Å². The molecule has 0 spiro atoms. The van der Waals surface area contributed by atoms with Crippen LogP contribution in [0.3, 0.4) is 0 Å². The van der Waals surface area contributed by atoms with E-state index in [9.17, 15) is 0 Å². The fourth-order valence-electron chi connectivity index (χ4n) is 4.36. The van der Waals surface area contributed by atoms with Crippen molar-refractivity contribution in [2.75, 3.05) is 20.8 Å². The maximum absolute atomic E-state index is 8.83. The molecule has 0 saturated heterocycles. The van der Waals surface area contributed by atoms with Gasteiger partial charge in [-0.25, -0.2) is 0 Å². The Labute approximate surface area is 159 Å². The van der Waals surface area contributed by atoms with Crippen molar-refractivity contribution in [3.63, 3.8) is 0 Å². The maximum atomic E-state index is 8.83. The molecule has 1 aliphatic carbocycles. The molecule has 4 rings (SSSR count). The van der Waals surface area contributed by atoms with E-state index >= 15 is 0 Å². The molecule has 0 bridgehead atoms. The molecule has 150 valence electrons. The van der Waals surface area contributed by atoms with E-state index in [0.717, 1.165) is 49.4 Å². The van der Waals surface area contributed by atoms with Crippen LogP contribution >= 0.6 is 0 Å². The number of fused-ring (bicyclic) bond motifs is 4. The average Bonchev–Trinajstić information content (AvgIpc) is 3.09. The first kappa shape index (κ1) is 19.9. The molecule has 0 aromatic heterocycles. The molecular formula is C18H25ClN2O6. The Kier molecular flexibility index (Phi) is 5.64. The molecule has 1 atom stereocenters. The van der Waals surface area contributed by atoms with Crippen LogP contribution in [0, 0.1) is 15.7 Å². The fourth-order valence-corrected chi connectivity index (χ4v) is 4.36. The molecule has 0 radical (unpaired) electrons. The Balaban J connectivity index is 0.000000376. The van der Waals surface area contributed by atoms with Gasteiger partial charge in [0.15, 0.2) is 11.5 Å². The van der Waals surface area contributed by atoms with Gasteiger partial charge in [0.2, 0.25) is 0 Å². The van der Waals surface area contributed by atoms with Gasteiger partial charge in [-0.15, -0.1) is 0 Å². The number of hydrogen-bond donors (Lipinski definition) is 4. The van der Waals surface area contributed by atoms with Crippen molar-refractivity contribution in [3.8, 4) is 11.5 Å².